The Kier molecular flexibility index (Phi) is 5.22. The summed E-state index contributed by atoms with van der Waals surface area (Å²) < 4.78 is 0. The van der Waals surface area contributed by atoms with Crippen LogP contribution >= 0.6 is 0 Å². The van der Waals surface area contributed by atoms with Crippen molar-refractivity contribution in [3.05, 3.63) is 47.8 Å². The van der Waals surface area contributed by atoms with Gasteiger partial charge >= 0.3 is 0 Å². The van der Waals surface area contributed by atoms with E-state index in [9.17, 15) is 0 Å². The SMILES string of the molecule is CNCc1nc(C(C)C)ncc1N(C)Cc1cccnc1. The highest BCUT2D eigenvalue weighted by atomic mass is 15.1. The van der Waals surface area contributed by atoms with Crippen molar-refractivity contribution in [2.45, 2.75) is 32.9 Å². The molecule has 0 aliphatic rings. The van der Waals surface area contributed by atoms with E-state index < -0.39 is 0 Å². The largest absolute Gasteiger partial charge is 0.367 e. The van der Waals surface area contributed by atoms with Gasteiger partial charge in [-0.2, -0.15) is 0 Å². The Morgan fingerprint density at radius 3 is 2.71 bits per heavy atom. The van der Waals surface area contributed by atoms with Crippen LogP contribution < -0.4 is 10.2 Å². The molecule has 0 fully saturated rings. The predicted octanol–water partition coefficient (Wildman–Crippen LogP) is 2.35. The number of anilines is 1. The van der Waals surface area contributed by atoms with Crippen LogP contribution in [-0.4, -0.2) is 29.0 Å². The molecule has 112 valence electrons. The standard InChI is InChI=1S/C16H23N5/c1-12(2)16-19-10-15(14(20-16)9-17-3)21(4)11-13-6-5-7-18-8-13/h5-8,10,12,17H,9,11H2,1-4H3. The molecular weight excluding hydrogens is 262 g/mol. The molecule has 2 rings (SSSR count). The number of rotatable bonds is 6. The van der Waals surface area contributed by atoms with Crippen LogP contribution in [0.25, 0.3) is 0 Å². The van der Waals surface area contributed by atoms with Crippen molar-refractivity contribution in [2.24, 2.45) is 0 Å². The van der Waals surface area contributed by atoms with E-state index in [0.717, 1.165) is 30.3 Å². The molecule has 2 heterocycles. The van der Waals surface area contributed by atoms with Crippen LogP contribution in [0, 0.1) is 0 Å². The zero-order valence-corrected chi connectivity index (χ0v) is 13.2. The molecule has 0 unspecified atom stereocenters. The van der Waals surface area contributed by atoms with E-state index in [1.165, 1.54) is 5.56 Å². The fourth-order valence-electron chi connectivity index (χ4n) is 2.17. The van der Waals surface area contributed by atoms with Gasteiger partial charge in [0, 0.05) is 38.4 Å². The zero-order valence-electron chi connectivity index (χ0n) is 13.2. The topological polar surface area (TPSA) is 53.9 Å². The molecule has 0 aliphatic carbocycles. The summed E-state index contributed by atoms with van der Waals surface area (Å²) in [6.45, 7) is 5.74. The summed E-state index contributed by atoms with van der Waals surface area (Å²) in [4.78, 5) is 15.5. The van der Waals surface area contributed by atoms with E-state index in [0.29, 0.717) is 5.92 Å². The summed E-state index contributed by atoms with van der Waals surface area (Å²) in [6.07, 6.45) is 5.60. The van der Waals surface area contributed by atoms with E-state index in [4.69, 9.17) is 4.98 Å². The number of hydrogen-bond acceptors (Lipinski definition) is 5. The molecule has 0 radical (unpaired) electrons. The van der Waals surface area contributed by atoms with E-state index in [1.807, 2.05) is 25.5 Å². The molecule has 0 amide bonds. The van der Waals surface area contributed by atoms with Gasteiger partial charge in [0.2, 0.25) is 0 Å². The van der Waals surface area contributed by atoms with Crippen molar-refractivity contribution in [2.75, 3.05) is 19.0 Å². The predicted molar refractivity (Wildman–Crippen MR) is 85.2 cm³/mol. The van der Waals surface area contributed by atoms with E-state index >= 15 is 0 Å². The third-order valence-corrected chi connectivity index (χ3v) is 3.28. The van der Waals surface area contributed by atoms with Crippen molar-refractivity contribution in [1.29, 1.82) is 0 Å². The summed E-state index contributed by atoms with van der Waals surface area (Å²) in [7, 11) is 3.99. The Hall–Kier alpha value is -2.01. The Morgan fingerprint density at radius 2 is 2.10 bits per heavy atom. The minimum atomic E-state index is 0.332. The molecule has 0 saturated heterocycles. The van der Waals surface area contributed by atoms with Crippen LogP contribution in [0.1, 0.15) is 36.8 Å². The molecule has 0 spiro atoms. The van der Waals surface area contributed by atoms with Crippen LogP contribution in [0.4, 0.5) is 5.69 Å². The lowest BCUT2D eigenvalue weighted by Crippen LogP contribution is -2.21. The fourth-order valence-corrected chi connectivity index (χ4v) is 2.17. The average Bonchev–Trinajstić information content (AvgIpc) is 2.48. The van der Waals surface area contributed by atoms with Crippen molar-refractivity contribution >= 4 is 5.69 Å². The summed E-state index contributed by atoms with van der Waals surface area (Å²) >= 11 is 0. The monoisotopic (exact) mass is 285 g/mol. The van der Waals surface area contributed by atoms with E-state index in [2.05, 4.69) is 47.1 Å². The summed E-state index contributed by atoms with van der Waals surface area (Å²) in [5.74, 6) is 1.22. The van der Waals surface area contributed by atoms with Gasteiger partial charge in [0.15, 0.2) is 0 Å². The van der Waals surface area contributed by atoms with Gasteiger partial charge in [-0.3, -0.25) is 4.98 Å². The van der Waals surface area contributed by atoms with Crippen molar-refractivity contribution in [3.63, 3.8) is 0 Å². The van der Waals surface area contributed by atoms with Crippen LogP contribution in [0.3, 0.4) is 0 Å². The highest BCUT2D eigenvalue weighted by Crippen LogP contribution is 2.21. The van der Waals surface area contributed by atoms with Gasteiger partial charge in [0.25, 0.3) is 0 Å². The van der Waals surface area contributed by atoms with E-state index in [-0.39, 0.29) is 0 Å². The lowest BCUT2D eigenvalue weighted by Gasteiger charge is -2.22. The number of nitrogens with one attached hydrogen (secondary N) is 1. The molecule has 5 heteroatoms. The number of pyridine rings is 1. The Labute approximate surface area is 126 Å². The van der Waals surface area contributed by atoms with Crippen LogP contribution in [0.2, 0.25) is 0 Å². The highest BCUT2D eigenvalue weighted by molar-refractivity contribution is 5.49. The molecule has 0 aromatic carbocycles. The molecule has 0 bridgehead atoms. The molecule has 2 aromatic heterocycles. The van der Waals surface area contributed by atoms with Gasteiger partial charge in [0.1, 0.15) is 5.82 Å². The summed E-state index contributed by atoms with van der Waals surface area (Å²) in [5, 5.41) is 3.18. The smallest absolute Gasteiger partial charge is 0.131 e. The fraction of sp³-hybridized carbons (Fsp3) is 0.438. The van der Waals surface area contributed by atoms with Gasteiger partial charge in [-0.05, 0) is 18.7 Å². The van der Waals surface area contributed by atoms with Crippen molar-refractivity contribution < 1.29 is 0 Å². The second-order valence-electron chi connectivity index (χ2n) is 5.46. The van der Waals surface area contributed by atoms with Gasteiger partial charge in [-0.15, -0.1) is 0 Å². The lowest BCUT2D eigenvalue weighted by molar-refractivity contribution is 0.719. The highest BCUT2D eigenvalue weighted by Gasteiger charge is 2.13. The number of nitrogens with zero attached hydrogens (tertiary/aromatic N) is 4. The summed E-state index contributed by atoms with van der Waals surface area (Å²) in [6, 6.07) is 4.03. The third-order valence-electron chi connectivity index (χ3n) is 3.28. The third kappa shape index (κ3) is 3.98. The molecule has 2 aromatic rings. The van der Waals surface area contributed by atoms with Gasteiger partial charge in [-0.1, -0.05) is 19.9 Å². The maximum atomic E-state index is 4.69. The number of aromatic nitrogens is 3. The Morgan fingerprint density at radius 1 is 1.29 bits per heavy atom. The quantitative estimate of drug-likeness (QED) is 0.883. The average molecular weight is 285 g/mol. The van der Waals surface area contributed by atoms with Crippen molar-refractivity contribution in [1.82, 2.24) is 20.3 Å². The summed E-state index contributed by atoms with van der Waals surface area (Å²) in [5.41, 5.74) is 3.25. The van der Waals surface area contributed by atoms with Crippen LogP contribution in [0.15, 0.2) is 30.7 Å². The van der Waals surface area contributed by atoms with Crippen molar-refractivity contribution in [3.8, 4) is 0 Å². The van der Waals surface area contributed by atoms with Gasteiger partial charge in [0.05, 0.1) is 17.6 Å². The number of hydrogen-bond donors (Lipinski definition) is 1. The zero-order chi connectivity index (χ0) is 15.2. The van der Waals surface area contributed by atoms with Gasteiger partial charge in [-0.25, -0.2) is 9.97 Å². The Bertz CT molecular complexity index is 568. The molecule has 21 heavy (non-hydrogen) atoms. The maximum Gasteiger partial charge on any atom is 0.131 e. The minimum Gasteiger partial charge on any atom is -0.367 e. The molecule has 0 atom stereocenters. The molecule has 0 saturated carbocycles. The molecule has 1 N–H and O–H groups in total. The Balaban J connectivity index is 2.24. The van der Waals surface area contributed by atoms with E-state index in [1.54, 1.807) is 6.20 Å². The first-order valence-corrected chi connectivity index (χ1v) is 7.22. The first-order valence-electron chi connectivity index (χ1n) is 7.22. The van der Waals surface area contributed by atoms with Crippen LogP contribution in [0.5, 0.6) is 0 Å². The van der Waals surface area contributed by atoms with Crippen LogP contribution in [-0.2, 0) is 13.1 Å². The maximum absolute atomic E-state index is 4.69. The molecular formula is C16H23N5. The first-order chi connectivity index (χ1) is 10.1. The minimum absolute atomic E-state index is 0.332. The first kappa shape index (κ1) is 15.4. The molecule has 0 aliphatic heterocycles. The normalized spacial score (nSPS) is 10.9. The lowest BCUT2D eigenvalue weighted by atomic mass is 10.2. The van der Waals surface area contributed by atoms with Gasteiger partial charge < -0.3 is 10.2 Å². The second kappa shape index (κ2) is 7.13. The molecule has 5 nitrogen and oxygen atoms in total. The second-order valence-corrected chi connectivity index (χ2v) is 5.46.